The van der Waals surface area contributed by atoms with Crippen molar-refractivity contribution < 1.29 is 9.59 Å². The normalized spacial score (nSPS) is 10.6. The van der Waals surface area contributed by atoms with Crippen LogP contribution < -0.4 is 5.32 Å². The third kappa shape index (κ3) is 5.71. The van der Waals surface area contributed by atoms with Crippen LogP contribution in [-0.2, 0) is 6.54 Å². The maximum atomic E-state index is 12.6. The van der Waals surface area contributed by atoms with Crippen LogP contribution in [0.3, 0.4) is 0 Å². The summed E-state index contributed by atoms with van der Waals surface area (Å²) in [5.74, 6) is 0.166. The Bertz CT molecular complexity index is 714. The molecule has 5 heteroatoms. The van der Waals surface area contributed by atoms with Crippen LogP contribution in [0.25, 0.3) is 0 Å². The monoisotopic (exact) mass is 339 g/mol. The van der Waals surface area contributed by atoms with E-state index < -0.39 is 0 Å². The van der Waals surface area contributed by atoms with E-state index in [1.807, 2.05) is 30.3 Å². The van der Waals surface area contributed by atoms with Gasteiger partial charge in [0.25, 0.3) is 11.8 Å². The summed E-state index contributed by atoms with van der Waals surface area (Å²) in [4.78, 5) is 30.4. The van der Waals surface area contributed by atoms with Crippen molar-refractivity contribution >= 4 is 11.8 Å². The summed E-state index contributed by atoms with van der Waals surface area (Å²) in [7, 11) is 1.74. The van der Waals surface area contributed by atoms with Gasteiger partial charge in [0.2, 0.25) is 0 Å². The fourth-order valence-electron chi connectivity index (χ4n) is 2.41. The van der Waals surface area contributed by atoms with Gasteiger partial charge in [-0.1, -0.05) is 44.2 Å². The molecule has 0 bridgehead atoms. The predicted octanol–water partition coefficient (Wildman–Crippen LogP) is 3.13. The molecule has 25 heavy (non-hydrogen) atoms. The lowest BCUT2D eigenvalue weighted by Gasteiger charge is -2.17. The number of hydrogen-bond acceptors (Lipinski definition) is 3. The number of nitrogens with one attached hydrogen (secondary N) is 1. The third-order valence-corrected chi connectivity index (χ3v) is 3.86. The van der Waals surface area contributed by atoms with Crippen LogP contribution in [0.1, 0.15) is 46.5 Å². The molecule has 1 aromatic heterocycles. The molecule has 0 aliphatic rings. The maximum absolute atomic E-state index is 12.6. The zero-order valence-corrected chi connectivity index (χ0v) is 15.0. The number of carbonyl (C=O) groups is 2. The molecule has 0 fully saturated rings. The maximum Gasteiger partial charge on any atom is 0.255 e. The highest BCUT2D eigenvalue weighted by Gasteiger charge is 2.15. The van der Waals surface area contributed by atoms with E-state index in [1.54, 1.807) is 18.0 Å². The van der Waals surface area contributed by atoms with Gasteiger partial charge in [-0.15, -0.1) is 0 Å². The molecule has 2 rings (SSSR count). The quantitative estimate of drug-likeness (QED) is 0.843. The summed E-state index contributed by atoms with van der Waals surface area (Å²) < 4.78 is 0. The predicted molar refractivity (Wildman–Crippen MR) is 98.3 cm³/mol. The Balaban J connectivity index is 2.01. The van der Waals surface area contributed by atoms with Gasteiger partial charge < -0.3 is 10.2 Å². The summed E-state index contributed by atoms with van der Waals surface area (Å²) in [6.07, 6.45) is 3.89. The highest BCUT2D eigenvalue weighted by atomic mass is 16.2. The molecule has 0 saturated carbocycles. The van der Waals surface area contributed by atoms with Gasteiger partial charge in [0.1, 0.15) is 0 Å². The lowest BCUT2D eigenvalue weighted by Crippen LogP contribution is -2.28. The van der Waals surface area contributed by atoms with Gasteiger partial charge in [-0.25, -0.2) is 0 Å². The van der Waals surface area contributed by atoms with Crippen molar-refractivity contribution in [1.29, 1.82) is 0 Å². The molecule has 0 spiro atoms. The number of amides is 2. The van der Waals surface area contributed by atoms with Gasteiger partial charge >= 0.3 is 0 Å². The largest absolute Gasteiger partial charge is 0.352 e. The lowest BCUT2D eigenvalue weighted by molar-refractivity contribution is 0.0784. The Morgan fingerprint density at radius 2 is 1.80 bits per heavy atom. The van der Waals surface area contributed by atoms with E-state index >= 15 is 0 Å². The second kappa shape index (κ2) is 8.97. The van der Waals surface area contributed by atoms with Gasteiger partial charge in [0.15, 0.2) is 0 Å². The van der Waals surface area contributed by atoms with E-state index in [4.69, 9.17) is 0 Å². The second-order valence-electron chi connectivity index (χ2n) is 6.55. The fourth-order valence-corrected chi connectivity index (χ4v) is 2.41. The van der Waals surface area contributed by atoms with Crippen LogP contribution in [0.15, 0.2) is 48.8 Å². The van der Waals surface area contributed by atoms with E-state index in [-0.39, 0.29) is 11.8 Å². The summed E-state index contributed by atoms with van der Waals surface area (Å²) in [5, 5.41) is 2.86. The number of carbonyl (C=O) groups excluding carboxylic acids is 2. The van der Waals surface area contributed by atoms with E-state index in [2.05, 4.69) is 24.1 Å². The van der Waals surface area contributed by atoms with Gasteiger partial charge in [-0.2, -0.15) is 0 Å². The molecule has 2 amide bonds. The summed E-state index contributed by atoms with van der Waals surface area (Å²) in [6, 6.07) is 11.4. The highest BCUT2D eigenvalue weighted by Crippen LogP contribution is 2.10. The van der Waals surface area contributed by atoms with E-state index in [0.717, 1.165) is 12.0 Å². The standard InChI is InChI=1S/C20H25N3O2/c1-15(2)9-10-22-19(24)17-11-18(13-21-12-17)20(25)23(3)14-16-7-5-4-6-8-16/h4-8,11-13,15H,9-10,14H2,1-3H3,(H,22,24). The van der Waals surface area contributed by atoms with Crippen LogP contribution in [-0.4, -0.2) is 35.3 Å². The van der Waals surface area contributed by atoms with Gasteiger partial charge in [-0.05, 0) is 24.0 Å². The minimum absolute atomic E-state index is 0.159. The molecule has 1 aromatic carbocycles. The molecule has 0 unspecified atom stereocenters. The molecule has 1 heterocycles. The fraction of sp³-hybridized carbons (Fsp3) is 0.350. The first-order chi connectivity index (χ1) is 12.0. The van der Waals surface area contributed by atoms with Crippen molar-refractivity contribution in [1.82, 2.24) is 15.2 Å². The molecule has 5 nitrogen and oxygen atoms in total. The van der Waals surface area contributed by atoms with Crippen molar-refractivity contribution in [2.75, 3.05) is 13.6 Å². The summed E-state index contributed by atoms with van der Waals surface area (Å²) >= 11 is 0. The molecule has 0 aliphatic carbocycles. The van der Waals surface area contributed by atoms with Crippen LogP contribution >= 0.6 is 0 Å². The van der Waals surface area contributed by atoms with Crippen LogP contribution in [0, 0.1) is 5.92 Å². The number of pyridine rings is 1. The van der Waals surface area contributed by atoms with Crippen molar-refractivity contribution in [3.05, 3.63) is 65.5 Å². The Labute approximate surface area is 149 Å². The Morgan fingerprint density at radius 3 is 2.48 bits per heavy atom. The van der Waals surface area contributed by atoms with Crippen LogP contribution in [0.5, 0.6) is 0 Å². The Morgan fingerprint density at radius 1 is 1.12 bits per heavy atom. The summed E-state index contributed by atoms with van der Waals surface area (Å²) in [6.45, 7) is 5.33. The first-order valence-electron chi connectivity index (χ1n) is 8.50. The number of benzene rings is 1. The zero-order valence-electron chi connectivity index (χ0n) is 15.0. The third-order valence-electron chi connectivity index (χ3n) is 3.86. The second-order valence-corrected chi connectivity index (χ2v) is 6.55. The van der Waals surface area contributed by atoms with E-state index in [9.17, 15) is 9.59 Å². The molecule has 0 aliphatic heterocycles. The first kappa shape index (κ1) is 18.6. The van der Waals surface area contributed by atoms with E-state index in [0.29, 0.717) is 30.1 Å². The average Bonchev–Trinajstić information content (AvgIpc) is 2.61. The van der Waals surface area contributed by atoms with Crippen molar-refractivity contribution in [2.24, 2.45) is 5.92 Å². The highest BCUT2D eigenvalue weighted by molar-refractivity contribution is 5.99. The number of hydrogen-bond donors (Lipinski definition) is 1. The number of rotatable bonds is 7. The minimum atomic E-state index is -0.200. The lowest BCUT2D eigenvalue weighted by atomic mass is 10.1. The van der Waals surface area contributed by atoms with E-state index in [1.165, 1.54) is 12.4 Å². The van der Waals surface area contributed by atoms with Gasteiger partial charge in [-0.3, -0.25) is 14.6 Å². The SMILES string of the molecule is CC(C)CCNC(=O)c1cncc(C(=O)N(C)Cc2ccccc2)c1. The Hall–Kier alpha value is -2.69. The topological polar surface area (TPSA) is 62.3 Å². The Kier molecular flexibility index (Phi) is 6.69. The van der Waals surface area contributed by atoms with Crippen molar-refractivity contribution in [2.45, 2.75) is 26.8 Å². The molecular weight excluding hydrogens is 314 g/mol. The smallest absolute Gasteiger partial charge is 0.255 e. The summed E-state index contributed by atoms with van der Waals surface area (Å²) in [5.41, 5.74) is 1.87. The molecule has 2 aromatic rings. The molecule has 0 radical (unpaired) electrons. The zero-order chi connectivity index (χ0) is 18.2. The van der Waals surface area contributed by atoms with Crippen molar-refractivity contribution in [3.8, 4) is 0 Å². The first-order valence-corrected chi connectivity index (χ1v) is 8.50. The average molecular weight is 339 g/mol. The van der Waals surface area contributed by atoms with Gasteiger partial charge in [0, 0.05) is 32.5 Å². The van der Waals surface area contributed by atoms with Crippen LogP contribution in [0.4, 0.5) is 0 Å². The van der Waals surface area contributed by atoms with Crippen LogP contribution in [0.2, 0.25) is 0 Å². The number of nitrogens with zero attached hydrogens (tertiary/aromatic N) is 2. The number of aromatic nitrogens is 1. The molecule has 1 N–H and O–H groups in total. The molecular formula is C20H25N3O2. The molecule has 0 saturated heterocycles. The van der Waals surface area contributed by atoms with Gasteiger partial charge in [0.05, 0.1) is 11.1 Å². The molecule has 132 valence electrons. The van der Waals surface area contributed by atoms with Crippen molar-refractivity contribution in [3.63, 3.8) is 0 Å². The minimum Gasteiger partial charge on any atom is -0.352 e. The molecule has 0 atom stereocenters.